The van der Waals surface area contributed by atoms with Crippen LogP contribution in [0.25, 0.3) is 0 Å². The summed E-state index contributed by atoms with van der Waals surface area (Å²) in [6, 6.07) is 10.1. The van der Waals surface area contributed by atoms with Gasteiger partial charge in [0, 0.05) is 10.6 Å². The van der Waals surface area contributed by atoms with E-state index in [0.29, 0.717) is 10.6 Å². The predicted molar refractivity (Wildman–Crippen MR) is 74.2 cm³/mol. The summed E-state index contributed by atoms with van der Waals surface area (Å²) >= 11 is 1.31. The minimum atomic E-state index is -4.45. The molecule has 2 aromatic rings. The molecule has 0 fully saturated rings. The Morgan fingerprint density at radius 1 is 1.19 bits per heavy atom. The van der Waals surface area contributed by atoms with Crippen LogP contribution in [0.3, 0.4) is 0 Å². The first kappa shape index (κ1) is 13.9. The molecule has 1 aromatic carbocycles. The average molecular weight is 312 g/mol. The second-order valence-corrected chi connectivity index (χ2v) is 5.64. The van der Waals surface area contributed by atoms with E-state index in [2.05, 4.69) is 5.32 Å². The number of thiophene rings is 1. The lowest BCUT2D eigenvalue weighted by Gasteiger charge is -2.37. The molecule has 3 nitrogen and oxygen atoms in total. The summed E-state index contributed by atoms with van der Waals surface area (Å²) in [7, 11) is 0. The molecule has 0 radical (unpaired) electrons. The molecular formula is C14H11F3N2OS. The SMILES string of the molecule is O=C1c2ccccc2N[C@@H](c2cccs2)N1CC(F)(F)F. The molecule has 21 heavy (non-hydrogen) atoms. The number of carbonyl (C=O) groups is 1. The Hall–Kier alpha value is -2.02. The van der Waals surface area contributed by atoms with Crippen LogP contribution < -0.4 is 5.32 Å². The van der Waals surface area contributed by atoms with Crippen LogP contribution in [-0.2, 0) is 0 Å². The lowest BCUT2D eigenvalue weighted by Crippen LogP contribution is -2.47. The molecule has 0 saturated carbocycles. The van der Waals surface area contributed by atoms with Gasteiger partial charge in [0.25, 0.3) is 5.91 Å². The van der Waals surface area contributed by atoms with Crippen molar-refractivity contribution >= 4 is 22.9 Å². The van der Waals surface area contributed by atoms with Gasteiger partial charge in [-0.15, -0.1) is 11.3 Å². The number of fused-ring (bicyclic) bond motifs is 1. The fraction of sp³-hybridized carbons (Fsp3) is 0.214. The number of hydrogen-bond acceptors (Lipinski definition) is 3. The molecule has 0 saturated heterocycles. The summed E-state index contributed by atoms with van der Waals surface area (Å²) in [5.74, 6) is -0.611. The summed E-state index contributed by atoms with van der Waals surface area (Å²) in [4.78, 5) is 13.9. The molecule has 110 valence electrons. The van der Waals surface area contributed by atoms with E-state index in [1.807, 2.05) is 0 Å². The van der Waals surface area contributed by atoms with Gasteiger partial charge in [-0.05, 0) is 23.6 Å². The molecule has 7 heteroatoms. The molecule has 0 spiro atoms. The van der Waals surface area contributed by atoms with Gasteiger partial charge in [0.05, 0.1) is 5.56 Å². The largest absolute Gasteiger partial charge is 0.406 e. The van der Waals surface area contributed by atoms with E-state index in [4.69, 9.17) is 0 Å². The van der Waals surface area contributed by atoms with E-state index in [0.717, 1.165) is 4.90 Å². The number of rotatable bonds is 2. The molecule has 1 aliphatic rings. The molecule has 1 amide bonds. The third-order valence-corrected chi connectivity index (χ3v) is 4.11. The predicted octanol–water partition coefficient (Wildman–Crippen LogP) is 3.88. The van der Waals surface area contributed by atoms with Crippen LogP contribution >= 0.6 is 11.3 Å². The number of nitrogens with one attached hydrogen (secondary N) is 1. The van der Waals surface area contributed by atoms with Gasteiger partial charge < -0.3 is 10.2 Å². The molecule has 0 bridgehead atoms. The van der Waals surface area contributed by atoms with Gasteiger partial charge in [0.15, 0.2) is 0 Å². The van der Waals surface area contributed by atoms with Crippen LogP contribution in [0.4, 0.5) is 18.9 Å². The van der Waals surface area contributed by atoms with Gasteiger partial charge in [-0.25, -0.2) is 0 Å². The third kappa shape index (κ3) is 2.73. The molecule has 2 heterocycles. The van der Waals surface area contributed by atoms with Gasteiger partial charge in [-0.1, -0.05) is 18.2 Å². The fourth-order valence-corrected chi connectivity index (χ4v) is 3.11. The third-order valence-electron chi connectivity index (χ3n) is 3.18. The monoisotopic (exact) mass is 312 g/mol. The lowest BCUT2D eigenvalue weighted by molar-refractivity contribution is -0.144. The number of amides is 1. The number of halogens is 3. The second kappa shape index (κ2) is 5.07. The zero-order valence-corrected chi connectivity index (χ0v) is 11.5. The van der Waals surface area contributed by atoms with Crippen LogP contribution in [0.2, 0.25) is 0 Å². The first-order valence-corrected chi connectivity index (χ1v) is 7.10. The molecule has 1 N–H and O–H groups in total. The molecule has 1 aliphatic heterocycles. The van der Waals surface area contributed by atoms with Crippen molar-refractivity contribution in [2.45, 2.75) is 12.3 Å². The number of hydrogen-bond donors (Lipinski definition) is 1. The van der Waals surface area contributed by atoms with Crippen LogP contribution in [0.15, 0.2) is 41.8 Å². The van der Waals surface area contributed by atoms with Crippen molar-refractivity contribution in [3.8, 4) is 0 Å². The minimum absolute atomic E-state index is 0.259. The molecule has 0 aliphatic carbocycles. The van der Waals surface area contributed by atoms with Gasteiger partial charge in [-0.2, -0.15) is 13.2 Å². The maximum absolute atomic E-state index is 12.8. The minimum Gasteiger partial charge on any atom is -0.360 e. The van der Waals surface area contributed by atoms with Crippen LogP contribution in [0.1, 0.15) is 21.4 Å². The van der Waals surface area contributed by atoms with Crippen LogP contribution in [0.5, 0.6) is 0 Å². The smallest absolute Gasteiger partial charge is 0.360 e. The Balaban J connectivity index is 2.03. The Bertz CT molecular complexity index is 654. The number of nitrogens with zero attached hydrogens (tertiary/aromatic N) is 1. The maximum atomic E-state index is 12.8. The fourth-order valence-electron chi connectivity index (χ4n) is 2.32. The highest BCUT2D eigenvalue weighted by Crippen LogP contribution is 2.36. The van der Waals surface area contributed by atoms with Crippen LogP contribution in [-0.4, -0.2) is 23.5 Å². The Labute approximate surface area is 123 Å². The number of carbonyl (C=O) groups excluding carboxylic acids is 1. The number of benzene rings is 1. The second-order valence-electron chi connectivity index (χ2n) is 4.66. The average Bonchev–Trinajstić information content (AvgIpc) is 2.94. The summed E-state index contributed by atoms with van der Waals surface area (Å²) in [5.41, 5.74) is 0.814. The van der Waals surface area contributed by atoms with Crippen molar-refractivity contribution in [2.24, 2.45) is 0 Å². The van der Waals surface area contributed by atoms with E-state index in [9.17, 15) is 18.0 Å². The van der Waals surface area contributed by atoms with E-state index in [-0.39, 0.29) is 5.56 Å². The van der Waals surface area contributed by atoms with Gasteiger partial charge in [0.2, 0.25) is 0 Å². The molecule has 1 aromatic heterocycles. The standard InChI is InChI=1S/C14H11F3N2OS/c15-14(16,17)8-19-12(11-6-3-7-21-11)18-10-5-2-1-4-9(10)13(19)20/h1-7,12,18H,8H2/t12-/m1/s1. The number of anilines is 1. The van der Waals surface area contributed by atoms with E-state index in [1.54, 1.807) is 35.7 Å². The quantitative estimate of drug-likeness (QED) is 0.913. The van der Waals surface area contributed by atoms with Crippen molar-refractivity contribution in [3.05, 3.63) is 52.2 Å². The highest BCUT2D eigenvalue weighted by atomic mass is 32.1. The topological polar surface area (TPSA) is 32.3 Å². The van der Waals surface area contributed by atoms with E-state index in [1.165, 1.54) is 17.4 Å². The van der Waals surface area contributed by atoms with Crippen molar-refractivity contribution in [1.29, 1.82) is 0 Å². The van der Waals surface area contributed by atoms with Crippen molar-refractivity contribution in [3.63, 3.8) is 0 Å². The van der Waals surface area contributed by atoms with Crippen molar-refractivity contribution in [1.82, 2.24) is 4.90 Å². The Morgan fingerprint density at radius 3 is 2.62 bits per heavy atom. The van der Waals surface area contributed by atoms with E-state index >= 15 is 0 Å². The Kier molecular flexibility index (Phi) is 3.36. The van der Waals surface area contributed by atoms with Crippen molar-refractivity contribution in [2.75, 3.05) is 11.9 Å². The normalized spacial score (nSPS) is 18.3. The number of para-hydroxylation sites is 1. The molecular weight excluding hydrogens is 301 g/mol. The Morgan fingerprint density at radius 2 is 1.95 bits per heavy atom. The molecule has 0 unspecified atom stereocenters. The highest BCUT2D eigenvalue weighted by Gasteiger charge is 2.40. The zero-order valence-electron chi connectivity index (χ0n) is 10.7. The summed E-state index contributed by atoms with van der Waals surface area (Å²) in [6.07, 6.45) is -5.24. The first-order valence-electron chi connectivity index (χ1n) is 6.22. The highest BCUT2D eigenvalue weighted by molar-refractivity contribution is 7.10. The zero-order chi connectivity index (χ0) is 15.0. The summed E-state index contributed by atoms with van der Waals surface area (Å²) in [5, 5.41) is 4.79. The lowest BCUT2D eigenvalue weighted by atomic mass is 10.1. The van der Waals surface area contributed by atoms with E-state index < -0.39 is 24.8 Å². The molecule has 1 atom stereocenters. The van der Waals surface area contributed by atoms with Gasteiger partial charge in [0.1, 0.15) is 12.7 Å². The van der Waals surface area contributed by atoms with Gasteiger partial charge >= 0.3 is 6.18 Å². The number of alkyl halides is 3. The first-order chi connectivity index (χ1) is 9.96. The summed E-state index contributed by atoms with van der Waals surface area (Å²) < 4.78 is 38.4. The van der Waals surface area contributed by atoms with Crippen LogP contribution in [0, 0.1) is 0 Å². The molecule has 3 rings (SSSR count). The van der Waals surface area contributed by atoms with Crippen molar-refractivity contribution < 1.29 is 18.0 Å². The maximum Gasteiger partial charge on any atom is 0.406 e. The summed E-state index contributed by atoms with van der Waals surface area (Å²) in [6.45, 7) is -1.28. The van der Waals surface area contributed by atoms with Gasteiger partial charge in [-0.3, -0.25) is 4.79 Å².